The largest absolute Gasteiger partial charge is 0.368 e. The van der Waals surface area contributed by atoms with E-state index in [1.165, 1.54) is 0 Å². The first-order chi connectivity index (χ1) is 7.16. The molecule has 86 valence electrons. The second kappa shape index (κ2) is 5.70. The molecule has 0 aromatic carbocycles. The van der Waals surface area contributed by atoms with Gasteiger partial charge in [0.15, 0.2) is 0 Å². The molecule has 0 bridgehead atoms. The Labute approximate surface area is 90.0 Å². The molecule has 0 aromatic rings. The van der Waals surface area contributed by atoms with Gasteiger partial charge in [0.25, 0.3) is 0 Å². The highest BCUT2D eigenvalue weighted by atomic mass is 16.2. The minimum Gasteiger partial charge on any atom is -0.368 e. The number of piperazine rings is 1. The third-order valence-corrected chi connectivity index (χ3v) is 2.64. The molecule has 0 spiro atoms. The maximum absolute atomic E-state index is 11.8. The fourth-order valence-electron chi connectivity index (χ4n) is 1.73. The summed E-state index contributed by atoms with van der Waals surface area (Å²) in [5.74, 6) is -0.380. The molecule has 1 unspecified atom stereocenters. The van der Waals surface area contributed by atoms with Crippen LogP contribution in [0.1, 0.15) is 26.2 Å². The summed E-state index contributed by atoms with van der Waals surface area (Å²) >= 11 is 0. The Morgan fingerprint density at radius 3 is 2.87 bits per heavy atom. The minimum absolute atomic E-state index is 0.0437. The molecule has 1 atom stereocenters. The van der Waals surface area contributed by atoms with Gasteiger partial charge in [-0.3, -0.25) is 9.59 Å². The molecule has 3 N–H and O–H groups in total. The highest BCUT2D eigenvalue weighted by Gasteiger charge is 2.29. The minimum atomic E-state index is -0.469. The number of rotatable bonds is 4. The predicted molar refractivity (Wildman–Crippen MR) is 57.1 cm³/mol. The highest BCUT2D eigenvalue weighted by molar-refractivity contribution is 5.87. The van der Waals surface area contributed by atoms with Crippen molar-refractivity contribution in [1.82, 2.24) is 10.2 Å². The lowest BCUT2D eigenvalue weighted by Crippen LogP contribution is -2.58. The van der Waals surface area contributed by atoms with Crippen molar-refractivity contribution in [3.63, 3.8) is 0 Å². The molecule has 0 aromatic heterocycles. The van der Waals surface area contributed by atoms with Crippen molar-refractivity contribution in [2.75, 3.05) is 19.6 Å². The van der Waals surface area contributed by atoms with E-state index in [0.29, 0.717) is 19.5 Å². The smallest absolute Gasteiger partial charge is 0.241 e. The average Bonchev–Trinajstić information content (AvgIpc) is 2.25. The summed E-state index contributed by atoms with van der Waals surface area (Å²) in [6, 6.07) is -0.469. The van der Waals surface area contributed by atoms with Gasteiger partial charge in [-0.1, -0.05) is 13.3 Å². The molecular weight excluding hydrogens is 194 g/mol. The van der Waals surface area contributed by atoms with E-state index >= 15 is 0 Å². The average molecular weight is 213 g/mol. The van der Waals surface area contributed by atoms with Crippen LogP contribution in [0.4, 0.5) is 0 Å². The number of nitrogens with one attached hydrogen (secondary N) is 1. The van der Waals surface area contributed by atoms with Gasteiger partial charge in [0, 0.05) is 26.1 Å². The number of nitrogens with zero attached hydrogens (tertiary/aromatic N) is 1. The van der Waals surface area contributed by atoms with Crippen molar-refractivity contribution in [2.45, 2.75) is 32.2 Å². The Hall–Kier alpha value is -1.10. The zero-order valence-electron chi connectivity index (χ0n) is 9.16. The molecule has 1 rings (SSSR count). The van der Waals surface area contributed by atoms with E-state index in [4.69, 9.17) is 5.73 Å². The Bertz CT molecular complexity index is 243. The van der Waals surface area contributed by atoms with E-state index in [-0.39, 0.29) is 5.91 Å². The van der Waals surface area contributed by atoms with E-state index < -0.39 is 11.9 Å². The third-order valence-electron chi connectivity index (χ3n) is 2.64. The molecule has 15 heavy (non-hydrogen) atoms. The summed E-state index contributed by atoms with van der Waals surface area (Å²) in [4.78, 5) is 24.5. The predicted octanol–water partition coefficient (Wildman–Crippen LogP) is -0.538. The van der Waals surface area contributed by atoms with Gasteiger partial charge in [-0.25, -0.2) is 0 Å². The van der Waals surface area contributed by atoms with Crippen molar-refractivity contribution in [2.24, 2.45) is 5.73 Å². The number of hydrogen-bond acceptors (Lipinski definition) is 3. The van der Waals surface area contributed by atoms with Gasteiger partial charge in [0.2, 0.25) is 11.8 Å². The van der Waals surface area contributed by atoms with E-state index in [1.54, 1.807) is 4.90 Å². The molecule has 1 fully saturated rings. The number of primary amides is 1. The molecule has 2 amide bonds. The SMILES string of the molecule is CCCCC(=O)N1CCNCC1C(N)=O. The molecule has 5 heteroatoms. The summed E-state index contributed by atoms with van der Waals surface area (Å²) < 4.78 is 0. The van der Waals surface area contributed by atoms with Crippen LogP contribution < -0.4 is 11.1 Å². The van der Waals surface area contributed by atoms with Crippen LogP contribution in [-0.4, -0.2) is 42.4 Å². The van der Waals surface area contributed by atoms with Gasteiger partial charge in [-0.2, -0.15) is 0 Å². The van der Waals surface area contributed by atoms with Gasteiger partial charge in [0.1, 0.15) is 6.04 Å². The second-order valence-corrected chi connectivity index (χ2v) is 3.81. The van der Waals surface area contributed by atoms with Crippen molar-refractivity contribution >= 4 is 11.8 Å². The van der Waals surface area contributed by atoms with Gasteiger partial charge < -0.3 is 16.0 Å². The zero-order chi connectivity index (χ0) is 11.3. The Kier molecular flexibility index (Phi) is 4.55. The number of hydrogen-bond donors (Lipinski definition) is 2. The number of nitrogens with two attached hydrogens (primary N) is 1. The van der Waals surface area contributed by atoms with Gasteiger partial charge in [-0.05, 0) is 6.42 Å². The first-order valence-electron chi connectivity index (χ1n) is 5.46. The summed E-state index contributed by atoms with van der Waals surface area (Å²) in [6.07, 6.45) is 2.37. The molecule has 1 aliphatic rings. The van der Waals surface area contributed by atoms with Crippen LogP contribution in [0, 0.1) is 0 Å². The number of carbonyl (C=O) groups is 2. The molecule has 1 saturated heterocycles. The fraction of sp³-hybridized carbons (Fsp3) is 0.800. The van der Waals surface area contributed by atoms with Crippen LogP contribution in [0.25, 0.3) is 0 Å². The Balaban J connectivity index is 2.55. The monoisotopic (exact) mass is 213 g/mol. The Morgan fingerprint density at radius 1 is 1.53 bits per heavy atom. The van der Waals surface area contributed by atoms with Crippen LogP contribution >= 0.6 is 0 Å². The summed E-state index contributed by atoms with van der Waals surface area (Å²) in [5, 5.41) is 3.06. The maximum Gasteiger partial charge on any atom is 0.241 e. The van der Waals surface area contributed by atoms with Crippen LogP contribution in [-0.2, 0) is 9.59 Å². The zero-order valence-corrected chi connectivity index (χ0v) is 9.16. The second-order valence-electron chi connectivity index (χ2n) is 3.81. The van der Waals surface area contributed by atoms with Crippen molar-refractivity contribution < 1.29 is 9.59 Å². The van der Waals surface area contributed by atoms with E-state index in [2.05, 4.69) is 5.32 Å². The normalized spacial score (nSPS) is 21.4. The highest BCUT2D eigenvalue weighted by Crippen LogP contribution is 2.07. The maximum atomic E-state index is 11.8. The number of carbonyl (C=O) groups excluding carboxylic acids is 2. The number of amides is 2. The topological polar surface area (TPSA) is 75.4 Å². The van der Waals surface area contributed by atoms with Crippen LogP contribution in [0.3, 0.4) is 0 Å². The van der Waals surface area contributed by atoms with Crippen molar-refractivity contribution in [3.8, 4) is 0 Å². The van der Waals surface area contributed by atoms with Crippen LogP contribution in [0.2, 0.25) is 0 Å². The quantitative estimate of drug-likeness (QED) is 0.658. The molecule has 5 nitrogen and oxygen atoms in total. The molecule has 0 radical (unpaired) electrons. The van der Waals surface area contributed by atoms with Crippen LogP contribution in [0.5, 0.6) is 0 Å². The molecule has 0 aliphatic carbocycles. The molecule has 0 saturated carbocycles. The van der Waals surface area contributed by atoms with Crippen molar-refractivity contribution in [3.05, 3.63) is 0 Å². The molecule has 1 aliphatic heterocycles. The standard InChI is InChI=1S/C10H19N3O2/c1-2-3-4-9(14)13-6-5-12-7-8(13)10(11)15/h8,12H,2-7H2,1H3,(H2,11,15). The van der Waals surface area contributed by atoms with Crippen molar-refractivity contribution in [1.29, 1.82) is 0 Å². The first kappa shape index (κ1) is 12.0. The molecular formula is C10H19N3O2. The lowest BCUT2D eigenvalue weighted by atomic mass is 10.1. The van der Waals surface area contributed by atoms with Gasteiger partial charge in [0.05, 0.1) is 0 Å². The number of unbranched alkanes of at least 4 members (excludes halogenated alkanes) is 1. The molecule has 1 heterocycles. The fourth-order valence-corrected chi connectivity index (χ4v) is 1.73. The third kappa shape index (κ3) is 3.20. The van der Waals surface area contributed by atoms with E-state index in [0.717, 1.165) is 19.4 Å². The van der Waals surface area contributed by atoms with Gasteiger partial charge in [-0.15, -0.1) is 0 Å². The summed E-state index contributed by atoms with van der Waals surface area (Å²) in [5.41, 5.74) is 5.25. The van der Waals surface area contributed by atoms with E-state index in [1.807, 2.05) is 6.92 Å². The Morgan fingerprint density at radius 2 is 2.27 bits per heavy atom. The van der Waals surface area contributed by atoms with Gasteiger partial charge >= 0.3 is 0 Å². The van der Waals surface area contributed by atoms with Crippen LogP contribution in [0.15, 0.2) is 0 Å². The summed E-state index contributed by atoms with van der Waals surface area (Å²) in [7, 11) is 0. The lowest BCUT2D eigenvalue weighted by molar-refractivity contribution is -0.140. The lowest BCUT2D eigenvalue weighted by Gasteiger charge is -2.34. The summed E-state index contributed by atoms with van der Waals surface area (Å²) in [6.45, 7) is 3.83. The first-order valence-corrected chi connectivity index (χ1v) is 5.46. The van der Waals surface area contributed by atoms with E-state index in [9.17, 15) is 9.59 Å².